The Morgan fingerprint density at radius 1 is 0.893 bits per heavy atom. The van der Waals surface area contributed by atoms with Gasteiger partial charge in [-0.1, -0.05) is 17.7 Å². The lowest BCUT2D eigenvalue weighted by atomic mass is 10.2. The summed E-state index contributed by atoms with van der Waals surface area (Å²) in [7, 11) is 0. The topological polar surface area (TPSA) is 67.4 Å². The second kappa shape index (κ2) is 10.2. The van der Waals surface area contributed by atoms with Crippen molar-refractivity contribution in [3.8, 4) is 5.75 Å². The summed E-state index contributed by atoms with van der Waals surface area (Å²) >= 11 is 1.29. The summed E-state index contributed by atoms with van der Waals surface area (Å²) in [6.45, 7) is 2.00. The van der Waals surface area contributed by atoms with Gasteiger partial charge in [-0.15, -0.1) is 11.8 Å². The molecule has 148 valence electrons. The molecule has 1 fully saturated rings. The molecule has 2 amide bonds. The zero-order valence-electron chi connectivity index (χ0n) is 16.1. The number of benzene rings is 2. The molecule has 0 radical (unpaired) electrons. The highest BCUT2D eigenvalue weighted by molar-refractivity contribution is 8.00. The summed E-state index contributed by atoms with van der Waals surface area (Å²) in [5, 5.41) is 5.67. The first kappa shape index (κ1) is 20.3. The summed E-state index contributed by atoms with van der Waals surface area (Å²) in [5.74, 6) is 1.05. The van der Waals surface area contributed by atoms with Crippen LogP contribution in [0.3, 0.4) is 0 Å². The van der Waals surface area contributed by atoms with E-state index in [1.807, 2.05) is 55.5 Å². The minimum atomic E-state index is -0.127. The number of thioether (sulfide) groups is 1. The molecule has 2 aromatic rings. The van der Waals surface area contributed by atoms with Crippen molar-refractivity contribution in [3.63, 3.8) is 0 Å². The fraction of sp³-hybridized carbons (Fsp3) is 0.364. The molecular formula is C22H26N2O3S. The molecule has 0 atom stereocenters. The van der Waals surface area contributed by atoms with E-state index in [0.717, 1.165) is 35.5 Å². The van der Waals surface area contributed by atoms with Crippen LogP contribution in [-0.2, 0) is 9.59 Å². The van der Waals surface area contributed by atoms with E-state index in [2.05, 4.69) is 10.6 Å². The van der Waals surface area contributed by atoms with Crippen LogP contribution in [-0.4, -0.2) is 29.4 Å². The lowest BCUT2D eigenvalue weighted by Crippen LogP contribution is -2.18. The van der Waals surface area contributed by atoms with Gasteiger partial charge in [-0.2, -0.15) is 0 Å². The smallest absolute Gasteiger partial charge is 0.234 e. The van der Waals surface area contributed by atoms with Crippen LogP contribution in [0.2, 0.25) is 0 Å². The summed E-state index contributed by atoms with van der Waals surface area (Å²) in [6, 6.07) is 15.1. The minimum Gasteiger partial charge on any atom is -0.490 e. The van der Waals surface area contributed by atoms with Gasteiger partial charge in [0.15, 0.2) is 0 Å². The van der Waals surface area contributed by atoms with Crippen LogP contribution in [0.4, 0.5) is 11.4 Å². The summed E-state index contributed by atoms with van der Waals surface area (Å²) < 4.78 is 5.92. The van der Waals surface area contributed by atoms with Crippen molar-refractivity contribution in [2.75, 3.05) is 22.1 Å². The first-order valence-corrected chi connectivity index (χ1v) is 10.7. The van der Waals surface area contributed by atoms with E-state index in [1.54, 1.807) is 0 Å². The monoisotopic (exact) mass is 398 g/mol. The molecule has 1 aliphatic rings. The van der Waals surface area contributed by atoms with E-state index < -0.39 is 0 Å². The third-order valence-electron chi connectivity index (χ3n) is 4.54. The van der Waals surface area contributed by atoms with Crippen molar-refractivity contribution < 1.29 is 14.3 Å². The molecule has 0 unspecified atom stereocenters. The Morgan fingerprint density at radius 3 is 1.93 bits per heavy atom. The quantitative estimate of drug-likeness (QED) is 0.680. The average Bonchev–Trinajstić information content (AvgIpc) is 3.18. The number of aryl methyl sites for hydroxylation is 1. The third kappa shape index (κ3) is 6.60. The molecule has 0 bridgehead atoms. The molecule has 3 rings (SSSR count). The standard InChI is InChI=1S/C22H26N2O3S/c1-16-6-8-17(9-7-16)23-21(25)14-28-15-22(26)24-18-10-12-20(13-11-18)27-19-4-2-3-5-19/h6-13,19H,2-5,14-15H2,1H3,(H,23,25)(H,24,26). The van der Waals surface area contributed by atoms with E-state index in [0.29, 0.717) is 6.10 Å². The molecular weight excluding hydrogens is 372 g/mol. The first-order chi connectivity index (χ1) is 13.6. The SMILES string of the molecule is Cc1ccc(NC(=O)CSCC(=O)Nc2ccc(OC3CCCC3)cc2)cc1. The Balaban J connectivity index is 1.35. The van der Waals surface area contributed by atoms with Gasteiger partial charge in [0.1, 0.15) is 5.75 Å². The van der Waals surface area contributed by atoms with E-state index in [-0.39, 0.29) is 23.3 Å². The van der Waals surface area contributed by atoms with Crippen molar-refractivity contribution in [1.82, 2.24) is 0 Å². The number of ether oxygens (including phenoxy) is 1. The van der Waals surface area contributed by atoms with Crippen molar-refractivity contribution in [2.45, 2.75) is 38.7 Å². The molecule has 0 saturated heterocycles. The van der Waals surface area contributed by atoms with Crippen molar-refractivity contribution in [1.29, 1.82) is 0 Å². The van der Waals surface area contributed by atoms with Gasteiger partial charge in [0.2, 0.25) is 11.8 Å². The Labute approximate surface area is 170 Å². The maximum atomic E-state index is 12.1. The van der Waals surface area contributed by atoms with Gasteiger partial charge in [-0.25, -0.2) is 0 Å². The van der Waals surface area contributed by atoms with Gasteiger partial charge in [0, 0.05) is 11.4 Å². The van der Waals surface area contributed by atoms with Gasteiger partial charge < -0.3 is 15.4 Å². The second-order valence-corrected chi connectivity index (χ2v) is 7.99. The number of nitrogens with one attached hydrogen (secondary N) is 2. The maximum Gasteiger partial charge on any atom is 0.234 e. The van der Waals surface area contributed by atoms with Crippen molar-refractivity contribution in [2.24, 2.45) is 0 Å². The van der Waals surface area contributed by atoms with Crippen LogP contribution in [0, 0.1) is 6.92 Å². The van der Waals surface area contributed by atoms with E-state index in [9.17, 15) is 9.59 Å². The number of hydrogen-bond donors (Lipinski definition) is 2. The molecule has 1 aliphatic carbocycles. The van der Waals surface area contributed by atoms with Gasteiger partial charge in [0.05, 0.1) is 17.6 Å². The van der Waals surface area contributed by atoms with Gasteiger partial charge in [-0.05, 0) is 69.0 Å². The summed E-state index contributed by atoms with van der Waals surface area (Å²) in [4.78, 5) is 24.0. The zero-order valence-corrected chi connectivity index (χ0v) is 16.9. The van der Waals surface area contributed by atoms with Crippen LogP contribution >= 0.6 is 11.8 Å². The molecule has 6 heteroatoms. The predicted molar refractivity (Wildman–Crippen MR) is 115 cm³/mol. The van der Waals surface area contributed by atoms with Crippen LogP contribution in [0.25, 0.3) is 0 Å². The number of hydrogen-bond acceptors (Lipinski definition) is 4. The largest absolute Gasteiger partial charge is 0.490 e. The Bertz CT molecular complexity index is 784. The number of amides is 2. The van der Waals surface area contributed by atoms with Crippen LogP contribution in [0.5, 0.6) is 5.75 Å². The first-order valence-electron chi connectivity index (χ1n) is 9.59. The van der Waals surface area contributed by atoms with Gasteiger partial charge >= 0.3 is 0 Å². The van der Waals surface area contributed by atoms with Gasteiger partial charge in [-0.3, -0.25) is 9.59 Å². The predicted octanol–water partition coefficient (Wildman–Crippen LogP) is 4.63. The molecule has 2 aromatic carbocycles. The molecule has 0 aromatic heterocycles. The molecule has 0 aliphatic heterocycles. The summed E-state index contributed by atoms with van der Waals surface area (Å²) in [6.07, 6.45) is 5.03. The molecule has 0 spiro atoms. The number of carbonyl (C=O) groups excluding carboxylic acids is 2. The lowest BCUT2D eigenvalue weighted by Gasteiger charge is -2.13. The van der Waals surface area contributed by atoms with E-state index in [4.69, 9.17) is 4.74 Å². The van der Waals surface area contributed by atoms with Crippen LogP contribution in [0.15, 0.2) is 48.5 Å². The average molecular weight is 399 g/mol. The number of rotatable bonds is 8. The maximum absolute atomic E-state index is 12.1. The Morgan fingerprint density at radius 2 is 1.39 bits per heavy atom. The molecule has 28 heavy (non-hydrogen) atoms. The highest BCUT2D eigenvalue weighted by Gasteiger charge is 2.16. The van der Waals surface area contributed by atoms with E-state index >= 15 is 0 Å². The van der Waals surface area contributed by atoms with Crippen LogP contribution in [0.1, 0.15) is 31.2 Å². The molecule has 0 heterocycles. The number of anilines is 2. The highest BCUT2D eigenvalue weighted by atomic mass is 32.2. The van der Waals surface area contributed by atoms with E-state index in [1.165, 1.54) is 24.6 Å². The zero-order chi connectivity index (χ0) is 19.8. The summed E-state index contributed by atoms with van der Waals surface area (Å²) in [5.41, 5.74) is 2.64. The van der Waals surface area contributed by atoms with Gasteiger partial charge in [0.25, 0.3) is 0 Å². The Kier molecular flexibility index (Phi) is 7.37. The molecule has 1 saturated carbocycles. The van der Waals surface area contributed by atoms with Crippen molar-refractivity contribution in [3.05, 3.63) is 54.1 Å². The Hall–Kier alpha value is -2.47. The highest BCUT2D eigenvalue weighted by Crippen LogP contribution is 2.25. The van der Waals surface area contributed by atoms with Crippen molar-refractivity contribution >= 4 is 35.0 Å². The normalized spacial score (nSPS) is 13.9. The number of carbonyl (C=O) groups is 2. The fourth-order valence-corrected chi connectivity index (χ4v) is 3.70. The third-order valence-corrected chi connectivity index (χ3v) is 5.48. The lowest BCUT2D eigenvalue weighted by molar-refractivity contribution is -0.114. The molecule has 5 nitrogen and oxygen atoms in total. The van der Waals surface area contributed by atoms with Crippen LogP contribution < -0.4 is 15.4 Å². The second-order valence-electron chi connectivity index (χ2n) is 7.00. The fourth-order valence-electron chi connectivity index (χ4n) is 3.08. The minimum absolute atomic E-state index is 0.116. The molecule has 2 N–H and O–H groups in total.